The number of aromatic nitrogens is 4. The van der Waals surface area contributed by atoms with Crippen molar-refractivity contribution in [2.75, 3.05) is 0 Å². The van der Waals surface area contributed by atoms with Crippen LogP contribution in [0.4, 0.5) is 0 Å². The summed E-state index contributed by atoms with van der Waals surface area (Å²) in [5.41, 5.74) is 5.40. The van der Waals surface area contributed by atoms with Gasteiger partial charge in [0.15, 0.2) is 5.65 Å². The number of hydrogen-bond donors (Lipinski definition) is 0. The fourth-order valence-corrected chi connectivity index (χ4v) is 5.55. The van der Waals surface area contributed by atoms with Crippen molar-refractivity contribution in [3.63, 3.8) is 0 Å². The lowest BCUT2D eigenvalue weighted by atomic mass is 9.97. The minimum atomic E-state index is -0.380. The Morgan fingerprint density at radius 2 is 1.67 bits per heavy atom. The predicted octanol–water partition coefficient (Wildman–Crippen LogP) is 5.98. The van der Waals surface area contributed by atoms with E-state index in [2.05, 4.69) is 37.1 Å². The summed E-state index contributed by atoms with van der Waals surface area (Å²) in [6.45, 7) is 7.87. The van der Waals surface area contributed by atoms with E-state index in [0.717, 1.165) is 33.4 Å². The first-order chi connectivity index (χ1) is 16.0. The summed E-state index contributed by atoms with van der Waals surface area (Å²) in [5.74, 6) is -0.498. The number of amides is 2. The smallest absolute Gasteiger partial charge is 0.262 e. The lowest BCUT2D eigenvalue weighted by molar-refractivity contribution is 0.0595. The molecule has 2 aromatic carbocycles. The molecule has 5 rings (SSSR count). The van der Waals surface area contributed by atoms with Crippen LogP contribution in [0.3, 0.4) is 0 Å². The van der Waals surface area contributed by atoms with Gasteiger partial charge in [-0.1, -0.05) is 38.1 Å². The summed E-state index contributed by atoms with van der Waals surface area (Å²) >= 11 is 2.27. The Kier molecular flexibility index (Phi) is 6.86. The van der Waals surface area contributed by atoms with Gasteiger partial charge in [-0.25, -0.2) is 14.4 Å². The lowest BCUT2D eigenvalue weighted by Gasteiger charge is -2.24. The van der Waals surface area contributed by atoms with E-state index in [1.807, 2.05) is 50.3 Å². The van der Waals surface area contributed by atoms with E-state index in [4.69, 9.17) is 0 Å². The van der Waals surface area contributed by atoms with Crippen LogP contribution in [-0.2, 0) is 0 Å². The molecule has 2 atom stereocenters. The zero-order chi connectivity index (χ0) is 23.7. The molecule has 0 saturated heterocycles. The van der Waals surface area contributed by atoms with Crippen molar-refractivity contribution < 1.29 is 9.59 Å². The third-order valence-electron chi connectivity index (χ3n) is 5.65. The van der Waals surface area contributed by atoms with Gasteiger partial charge in [-0.05, 0) is 65.2 Å². The van der Waals surface area contributed by atoms with Crippen molar-refractivity contribution in [3.8, 4) is 11.3 Å². The molecule has 2 aromatic heterocycles. The average Bonchev–Trinajstić information content (AvgIpc) is 3.38. The number of carbonyl (C=O) groups is 2. The number of hydrogen-bond acceptors (Lipinski definition) is 5. The van der Waals surface area contributed by atoms with Gasteiger partial charge < -0.3 is 0 Å². The monoisotopic (exact) mass is 571 g/mol. The fraction of sp³-hybridized carbons (Fsp3) is 0.208. The SMILES string of the molecule is CC.Cc1cc(-c2ncnc3c2cnn3PI)ccc1C(C)N1C(=O)c2ccccc2C1=O. The van der Waals surface area contributed by atoms with E-state index in [1.54, 1.807) is 36.8 Å². The maximum atomic E-state index is 12.9. The first kappa shape index (κ1) is 23.4. The van der Waals surface area contributed by atoms with E-state index in [9.17, 15) is 9.59 Å². The van der Waals surface area contributed by atoms with Gasteiger partial charge in [0.25, 0.3) is 11.8 Å². The lowest BCUT2D eigenvalue weighted by Crippen LogP contribution is -2.32. The van der Waals surface area contributed by atoms with Crippen molar-refractivity contribution in [2.24, 2.45) is 0 Å². The molecule has 1 aliphatic heterocycles. The Labute approximate surface area is 206 Å². The maximum Gasteiger partial charge on any atom is 0.262 e. The molecule has 0 spiro atoms. The second kappa shape index (κ2) is 9.65. The summed E-state index contributed by atoms with van der Waals surface area (Å²) in [5, 5.41) is 5.29. The largest absolute Gasteiger partial charge is 0.269 e. The van der Waals surface area contributed by atoms with Crippen LogP contribution < -0.4 is 0 Å². The molecular formula is C24H23IN5O2P. The van der Waals surface area contributed by atoms with Gasteiger partial charge >= 0.3 is 0 Å². The summed E-state index contributed by atoms with van der Waals surface area (Å²) in [6.07, 6.45) is 3.80. The van der Waals surface area contributed by atoms with Gasteiger partial charge in [0, 0.05) is 5.56 Å². The van der Waals surface area contributed by atoms with E-state index >= 15 is 0 Å². The normalized spacial score (nSPS) is 14.0. The minimum Gasteiger partial charge on any atom is -0.269 e. The Bertz CT molecular complexity index is 1340. The van der Waals surface area contributed by atoms with Crippen LogP contribution >= 0.6 is 28.4 Å². The van der Waals surface area contributed by atoms with Gasteiger partial charge in [-0.15, -0.1) is 0 Å². The van der Waals surface area contributed by atoms with Crippen molar-refractivity contribution >= 4 is 51.3 Å². The van der Waals surface area contributed by atoms with E-state index in [1.165, 1.54) is 4.90 Å². The topological polar surface area (TPSA) is 81.0 Å². The maximum absolute atomic E-state index is 12.9. The first-order valence-electron chi connectivity index (χ1n) is 10.6. The van der Waals surface area contributed by atoms with E-state index in [-0.39, 0.29) is 17.9 Å². The van der Waals surface area contributed by atoms with Gasteiger partial charge in [0.2, 0.25) is 0 Å². The molecule has 0 bridgehead atoms. The molecule has 2 unspecified atom stereocenters. The minimum absolute atomic E-state index is 0.249. The molecule has 0 aliphatic carbocycles. The zero-order valence-corrected chi connectivity index (χ0v) is 21.9. The zero-order valence-electron chi connectivity index (χ0n) is 18.7. The summed E-state index contributed by atoms with van der Waals surface area (Å²) in [4.78, 5) is 36.0. The van der Waals surface area contributed by atoms with Crippen molar-refractivity contribution in [1.29, 1.82) is 0 Å². The number of imide groups is 1. The number of carbonyl (C=O) groups excluding carboxylic acids is 2. The van der Waals surface area contributed by atoms with Crippen LogP contribution in [0.15, 0.2) is 55.0 Å². The molecule has 168 valence electrons. The molecule has 0 N–H and O–H groups in total. The second-order valence-electron chi connectivity index (χ2n) is 7.37. The molecule has 9 heteroatoms. The van der Waals surface area contributed by atoms with Crippen LogP contribution in [0.5, 0.6) is 0 Å². The molecule has 3 heterocycles. The van der Waals surface area contributed by atoms with E-state index in [0.29, 0.717) is 17.5 Å². The molecule has 0 radical (unpaired) electrons. The van der Waals surface area contributed by atoms with Crippen molar-refractivity contribution in [1.82, 2.24) is 24.4 Å². The number of benzene rings is 2. The quantitative estimate of drug-likeness (QED) is 0.171. The van der Waals surface area contributed by atoms with Gasteiger partial charge in [0.05, 0.1) is 40.8 Å². The fourth-order valence-electron chi connectivity index (χ4n) is 4.13. The molecule has 0 fully saturated rings. The number of halogens is 1. The first-order valence-corrected chi connectivity index (χ1v) is 14.7. The Balaban J connectivity index is 0.00000126. The highest BCUT2D eigenvalue weighted by Crippen LogP contribution is 2.35. The van der Waals surface area contributed by atoms with Crippen LogP contribution in [-0.4, -0.2) is 36.2 Å². The molecule has 2 amide bonds. The number of nitrogens with zero attached hydrogens (tertiary/aromatic N) is 5. The third kappa shape index (κ3) is 3.95. The van der Waals surface area contributed by atoms with E-state index < -0.39 is 0 Å². The third-order valence-corrected chi connectivity index (χ3v) is 7.51. The highest BCUT2D eigenvalue weighted by atomic mass is 127. The van der Waals surface area contributed by atoms with Crippen LogP contribution in [0.25, 0.3) is 22.3 Å². The highest BCUT2D eigenvalue weighted by Gasteiger charge is 2.38. The number of rotatable bonds is 4. The van der Waals surface area contributed by atoms with Gasteiger partial charge in [-0.2, -0.15) is 5.10 Å². The predicted molar refractivity (Wildman–Crippen MR) is 140 cm³/mol. The van der Waals surface area contributed by atoms with Crippen LogP contribution in [0.1, 0.15) is 58.7 Å². The van der Waals surface area contributed by atoms with Crippen LogP contribution in [0, 0.1) is 6.92 Å². The Hall–Kier alpha value is -2.71. The summed E-state index contributed by atoms with van der Waals surface area (Å²) in [7, 11) is 0. The molecule has 33 heavy (non-hydrogen) atoms. The molecule has 1 aliphatic rings. The number of aryl methyl sites for hydroxylation is 1. The second-order valence-corrected chi connectivity index (χ2v) is 9.41. The molecule has 7 nitrogen and oxygen atoms in total. The molecule has 0 saturated carbocycles. The van der Waals surface area contributed by atoms with Crippen LogP contribution in [0.2, 0.25) is 0 Å². The van der Waals surface area contributed by atoms with Crippen molar-refractivity contribution in [2.45, 2.75) is 33.7 Å². The Morgan fingerprint density at radius 1 is 1.00 bits per heavy atom. The number of fused-ring (bicyclic) bond motifs is 2. The Morgan fingerprint density at radius 3 is 2.27 bits per heavy atom. The molecular weight excluding hydrogens is 548 g/mol. The van der Waals surface area contributed by atoms with Gasteiger partial charge in [-0.3, -0.25) is 14.5 Å². The standard InChI is InChI=1S/C22H17IN5O2P.C2H6/c1-12-9-14(19-18-10-26-28(31-23)20(18)25-11-24-19)7-8-15(12)13(2)27-21(29)16-5-3-4-6-17(16)22(27)30;1-2/h3-11,13,31H,1-2H3;1-2H3. The highest BCUT2D eigenvalue weighted by molar-refractivity contribution is 14.2. The summed E-state index contributed by atoms with van der Waals surface area (Å²) < 4.78 is 1.85. The summed E-state index contributed by atoms with van der Waals surface area (Å²) in [6, 6.07) is 12.6. The van der Waals surface area contributed by atoms with Gasteiger partial charge in [0.1, 0.15) is 6.33 Å². The molecule has 4 aromatic rings. The van der Waals surface area contributed by atoms with Crippen molar-refractivity contribution in [3.05, 3.63) is 77.2 Å². The average molecular weight is 571 g/mol.